The second-order valence-corrected chi connectivity index (χ2v) is 6.09. The molecule has 2 heterocycles. The molecule has 1 aliphatic heterocycles. The molecule has 0 unspecified atom stereocenters. The average molecular weight is 371 g/mol. The Morgan fingerprint density at radius 3 is 2.74 bits per heavy atom. The van der Waals surface area contributed by atoms with Gasteiger partial charge in [-0.1, -0.05) is 12.1 Å². The van der Waals surface area contributed by atoms with Crippen LogP contribution in [0.25, 0.3) is 0 Å². The van der Waals surface area contributed by atoms with Gasteiger partial charge in [-0.05, 0) is 36.2 Å². The Hall–Kier alpha value is -3.06. The first-order valence-corrected chi connectivity index (χ1v) is 8.53. The molecule has 1 aromatic heterocycles. The minimum atomic E-state index is -0.734. The molecule has 1 aliphatic rings. The van der Waals surface area contributed by atoms with E-state index in [9.17, 15) is 14.7 Å². The van der Waals surface area contributed by atoms with Crippen molar-refractivity contribution in [1.29, 1.82) is 0 Å². The third-order valence-corrected chi connectivity index (χ3v) is 4.45. The van der Waals surface area contributed by atoms with Crippen LogP contribution in [-0.2, 0) is 9.53 Å². The van der Waals surface area contributed by atoms with Crippen molar-refractivity contribution >= 4 is 11.7 Å². The molecule has 142 valence electrons. The van der Waals surface area contributed by atoms with Crippen molar-refractivity contribution in [3.63, 3.8) is 0 Å². The largest absolute Gasteiger partial charge is 0.503 e. The number of rotatable bonds is 8. The number of furan rings is 1. The minimum Gasteiger partial charge on any atom is -0.503 e. The average Bonchev–Trinajstić information content (AvgIpc) is 3.30. The summed E-state index contributed by atoms with van der Waals surface area (Å²) in [6, 6.07) is 9.43. The van der Waals surface area contributed by atoms with E-state index >= 15 is 0 Å². The van der Waals surface area contributed by atoms with Gasteiger partial charge in [0, 0.05) is 20.3 Å². The van der Waals surface area contributed by atoms with Gasteiger partial charge in [0.2, 0.25) is 5.78 Å². The van der Waals surface area contributed by atoms with Gasteiger partial charge in [-0.15, -0.1) is 0 Å². The van der Waals surface area contributed by atoms with Crippen LogP contribution in [0.2, 0.25) is 0 Å². The fourth-order valence-electron chi connectivity index (χ4n) is 3.19. The molecule has 0 spiro atoms. The highest BCUT2D eigenvalue weighted by Crippen LogP contribution is 2.39. The maximum atomic E-state index is 12.9. The lowest BCUT2D eigenvalue weighted by Crippen LogP contribution is -2.32. The molecule has 0 fully saturated rings. The predicted molar refractivity (Wildman–Crippen MR) is 96.6 cm³/mol. The Morgan fingerprint density at radius 1 is 1.26 bits per heavy atom. The van der Waals surface area contributed by atoms with Crippen LogP contribution in [0.15, 0.2) is 58.4 Å². The van der Waals surface area contributed by atoms with Crippen LogP contribution in [0.1, 0.15) is 28.6 Å². The lowest BCUT2D eigenvalue weighted by atomic mass is 9.95. The van der Waals surface area contributed by atoms with Crippen LogP contribution in [0.4, 0.5) is 0 Å². The van der Waals surface area contributed by atoms with Gasteiger partial charge in [-0.3, -0.25) is 9.59 Å². The second kappa shape index (κ2) is 8.09. The van der Waals surface area contributed by atoms with Gasteiger partial charge >= 0.3 is 0 Å². The zero-order valence-electron chi connectivity index (χ0n) is 15.2. The van der Waals surface area contributed by atoms with E-state index in [4.69, 9.17) is 13.9 Å². The third kappa shape index (κ3) is 3.59. The van der Waals surface area contributed by atoms with Crippen LogP contribution in [0.5, 0.6) is 5.75 Å². The van der Waals surface area contributed by atoms with Crippen molar-refractivity contribution < 1.29 is 28.6 Å². The SMILES string of the molecule is COCCCN1C(=O)C(O)=C(C(=O)c2ccco2)[C@H]1c1cccc(OC)c1. The summed E-state index contributed by atoms with van der Waals surface area (Å²) in [5.41, 5.74) is 0.666. The van der Waals surface area contributed by atoms with Gasteiger partial charge in [-0.2, -0.15) is 0 Å². The molecule has 7 heteroatoms. The van der Waals surface area contributed by atoms with Crippen molar-refractivity contribution in [2.24, 2.45) is 0 Å². The van der Waals surface area contributed by atoms with Gasteiger partial charge in [-0.25, -0.2) is 0 Å². The summed E-state index contributed by atoms with van der Waals surface area (Å²) in [6.07, 6.45) is 1.94. The van der Waals surface area contributed by atoms with Crippen LogP contribution in [-0.4, -0.2) is 49.1 Å². The van der Waals surface area contributed by atoms with Crippen LogP contribution < -0.4 is 4.74 Å². The summed E-state index contributed by atoms with van der Waals surface area (Å²) < 4.78 is 15.5. The Bertz CT molecular complexity index is 855. The molecule has 1 aromatic carbocycles. The smallest absolute Gasteiger partial charge is 0.290 e. The number of aliphatic hydroxyl groups excluding tert-OH is 1. The third-order valence-electron chi connectivity index (χ3n) is 4.45. The van der Waals surface area contributed by atoms with Crippen molar-refractivity contribution in [2.45, 2.75) is 12.5 Å². The lowest BCUT2D eigenvalue weighted by Gasteiger charge is -2.26. The standard InChI is InChI=1S/C20H21NO6/c1-25-10-5-9-21-17(13-6-3-7-14(12-13)26-2)16(19(23)20(21)24)18(22)15-8-4-11-27-15/h3-4,6-8,11-12,17,23H,5,9-10H2,1-2H3/t17-/m1/s1. The number of carbonyl (C=O) groups is 2. The van der Waals surface area contributed by atoms with E-state index in [0.29, 0.717) is 30.9 Å². The summed E-state index contributed by atoms with van der Waals surface area (Å²) in [5.74, 6) is -1.01. The van der Waals surface area contributed by atoms with Gasteiger partial charge in [0.15, 0.2) is 11.5 Å². The minimum absolute atomic E-state index is 0.000574. The molecule has 0 aliphatic carbocycles. The summed E-state index contributed by atoms with van der Waals surface area (Å²) in [5, 5.41) is 10.5. The Morgan fingerprint density at radius 2 is 2.07 bits per heavy atom. The fourth-order valence-corrected chi connectivity index (χ4v) is 3.19. The number of hydrogen-bond donors (Lipinski definition) is 1. The Kier molecular flexibility index (Phi) is 5.61. The maximum Gasteiger partial charge on any atom is 0.290 e. The first-order valence-electron chi connectivity index (χ1n) is 8.53. The molecule has 1 N–H and O–H groups in total. The monoisotopic (exact) mass is 371 g/mol. The molecule has 0 saturated heterocycles. The zero-order chi connectivity index (χ0) is 19.4. The molecule has 27 heavy (non-hydrogen) atoms. The van der Waals surface area contributed by atoms with Crippen LogP contribution in [0, 0.1) is 0 Å². The van der Waals surface area contributed by atoms with Crippen LogP contribution in [0.3, 0.4) is 0 Å². The summed E-state index contributed by atoms with van der Waals surface area (Å²) in [4.78, 5) is 27.1. The molecule has 1 amide bonds. The predicted octanol–water partition coefficient (Wildman–Crippen LogP) is 2.90. The van der Waals surface area contributed by atoms with E-state index in [1.807, 2.05) is 0 Å². The Labute approximate surface area is 156 Å². The van der Waals surface area contributed by atoms with E-state index in [0.717, 1.165) is 0 Å². The maximum absolute atomic E-state index is 12.9. The van der Waals surface area contributed by atoms with E-state index < -0.39 is 23.5 Å². The van der Waals surface area contributed by atoms with Crippen molar-refractivity contribution in [3.05, 3.63) is 65.3 Å². The number of ketones is 1. The second-order valence-electron chi connectivity index (χ2n) is 6.09. The number of aliphatic hydroxyl groups is 1. The first kappa shape index (κ1) is 18.7. The van der Waals surface area contributed by atoms with Gasteiger partial charge < -0.3 is 23.9 Å². The highest BCUT2D eigenvalue weighted by Gasteiger charge is 2.44. The molecular weight excluding hydrogens is 350 g/mol. The first-order chi connectivity index (χ1) is 13.1. The number of Topliss-reactive ketones (excluding diaryl/α,β-unsaturated/α-hetero) is 1. The zero-order valence-corrected chi connectivity index (χ0v) is 15.2. The molecule has 7 nitrogen and oxygen atoms in total. The van der Waals surface area contributed by atoms with Crippen molar-refractivity contribution in [2.75, 3.05) is 27.4 Å². The number of carbonyl (C=O) groups excluding carboxylic acids is 2. The fraction of sp³-hybridized carbons (Fsp3) is 0.300. The van der Waals surface area contributed by atoms with Gasteiger partial charge in [0.25, 0.3) is 5.91 Å². The number of benzene rings is 1. The summed E-state index contributed by atoms with van der Waals surface area (Å²) >= 11 is 0. The van der Waals surface area contributed by atoms with Gasteiger partial charge in [0.05, 0.1) is 25.0 Å². The van der Waals surface area contributed by atoms with E-state index in [-0.39, 0.29) is 11.3 Å². The highest BCUT2D eigenvalue weighted by molar-refractivity contribution is 6.15. The molecule has 2 aromatic rings. The number of hydrogen-bond acceptors (Lipinski definition) is 6. The number of nitrogens with zero attached hydrogens (tertiary/aromatic N) is 1. The molecular formula is C20H21NO6. The number of ether oxygens (including phenoxy) is 2. The highest BCUT2D eigenvalue weighted by atomic mass is 16.5. The van der Waals surface area contributed by atoms with Crippen molar-refractivity contribution in [1.82, 2.24) is 4.90 Å². The summed E-state index contributed by atoms with van der Waals surface area (Å²) in [6.45, 7) is 0.782. The van der Waals surface area contributed by atoms with E-state index in [1.54, 1.807) is 37.4 Å². The van der Waals surface area contributed by atoms with Gasteiger partial charge in [0.1, 0.15) is 5.75 Å². The van der Waals surface area contributed by atoms with E-state index in [1.165, 1.54) is 24.3 Å². The number of amides is 1. The number of methoxy groups -OCH3 is 2. The van der Waals surface area contributed by atoms with Crippen LogP contribution >= 0.6 is 0 Å². The quantitative estimate of drug-likeness (QED) is 0.567. The normalized spacial score (nSPS) is 16.9. The topological polar surface area (TPSA) is 89.2 Å². The molecule has 0 radical (unpaired) electrons. The lowest BCUT2D eigenvalue weighted by molar-refractivity contribution is -0.129. The molecule has 0 saturated carbocycles. The molecule has 3 rings (SSSR count). The summed E-state index contributed by atoms with van der Waals surface area (Å²) in [7, 11) is 3.12. The van der Waals surface area contributed by atoms with Crippen molar-refractivity contribution in [3.8, 4) is 5.75 Å². The Balaban J connectivity index is 2.04. The molecule has 0 bridgehead atoms. The van der Waals surface area contributed by atoms with E-state index in [2.05, 4.69) is 0 Å². The molecule has 1 atom stereocenters.